The number of rotatable bonds is 7. The second-order valence-corrected chi connectivity index (χ2v) is 7.11. The Labute approximate surface area is 170 Å². The Morgan fingerprint density at radius 2 is 1.90 bits per heavy atom. The molecule has 0 radical (unpaired) electrons. The highest BCUT2D eigenvalue weighted by Gasteiger charge is 2.40. The number of hydrogen-bond acceptors (Lipinski definition) is 6. The van der Waals surface area contributed by atoms with E-state index < -0.39 is 27.4 Å². The van der Waals surface area contributed by atoms with Gasteiger partial charge in [-0.1, -0.05) is 6.92 Å². The normalized spacial score (nSPS) is 13.2. The molecule has 1 aromatic carbocycles. The summed E-state index contributed by atoms with van der Waals surface area (Å²) >= 11 is 0. The number of H-pyrrole nitrogens is 3. The fourth-order valence-electron chi connectivity index (χ4n) is 3.70. The SMILES string of the molecule is CCOC(=O)C(C)(Cc1c(CC)c([N+](=O)[O-])cc2[nH]c(=O)c(=O)[nH]c12)c1ccc[nH]1. The van der Waals surface area contributed by atoms with Crippen LogP contribution in [0.2, 0.25) is 0 Å². The number of aromatic nitrogens is 3. The number of hydrogen-bond donors (Lipinski definition) is 3. The van der Waals surface area contributed by atoms with Crippen molar-refractivity contribution >= 4 is 22.7 Å². The lowest BCUT2D eigenvalue weighted by Gasteiger charge is -2.28. The van der Waals surface area contributed by atoms with E-state index in [1.54, 1.807) is 39.1 Å². The molecule has 3 aromatic rings. The number of fused-ring (bicyclic) bond motifs is 1. The molecule has 158 valence electrons. The topological polar surface area (TPSA) is 151 Å². The van der Waals surface area contributed by atoms with E-state index in [-0.39, 0.29) is 36.2 Å². The van der Waals surface area contributed by atoms with Crippen LogP contribution in [0.4, 0.5) is 5.69 Å². The number of nitro benzene ring substituents is 1. The minimum Gasteiger partial charge on any atom is -0.465 e. The van der Waals surface area contributed by atoms with Gasteiger partial charge in [0.25, 0.3) is 5.69 Å². The number of benzene rings is 1. The van der Waals surface area contributed by atoms with E-state index in [1.807, 2.05) is 0 Å². The summed E-state index contributed by atoms with van der Waals surface area (Å²) in [5.41, 5.74) is -1.48. The maximum absolute atomic E-state index is 12.9. The Morgan fingerprint density at radius 3 is 2.47 bits per heavy atom. The summed E-state index contributed by atoms with van der Waals surface area (Å²) in [4.78, 5) is 55.8. The van der Waals surface area contributed by atoms with Gasteiger partial charge in [-0.15, -0.1) is 0 Å². The second kappa shape index (κ2) is 7.97. The fraction of sp³-hybridized carbons (Fsp3) is 0.350. The van der Waals surface area contributed by atoms with Crippen LogP contribution in [0.1, 0.15) is 37.6 Å². The van der Waals surface area contributed by atoms with Crippen LogP contribution in [0.25, 0.3) is 11.0 Å². The van der Waals surface area contributed by atoms with Crippen LogP contribution in [0.3, 0.4) is 0 Å². The van der Waals surface area contributed by atoms with Gasteiger partial charge in [0.15, 0.2) is 0 Å². The van der Waals surface area contributed by atoms with E-state index in [2.05, 4.69) is 15.0 Å². The molecule has 0 amide bonds. The summed E-state index contributed by atoms with van der Waals surface area (Å²) in [6, 6.07) is 4.69. The van der Waals surface area contributed by atoms with Gasteiger partial charge in [-0.05, 0) is 44.4 Å². The molecule has 10 heteroatoms. The molecule has 0 aliphatic rings. The fourth-order valence-corrected chi connectivity index (χ4v) is 3.70. The van der Waals surface area contributed by atoms with E-state index >= 15 is 0 Å². The molecule has 2 heterocycles. The van der Waals surface area contributed by atoms with Crippen LogP contribution in [0.5, 0.6) is 0 Å². The molecule has 10 nitrogen and oxygen atoms in total. The number of nitrogens with one attached hydrogen (secondary N) is 3. The molecule has 3 N–H and O–H groups in total. The van der Waals surface area contributed by atoms with Crippen molar-refractivity contribution in [3.05, 3.63) is 72.0 Å². The van der Waals surface area contributed by atoms with Gasteiger partial charge < -0.3 is 19.7 Å². The van der Waals surface area contributed by atoms with E-state index in [9.17, 15) is 24.5 Å². The molecule has 1 atom stereocenters. The first kappa shape index (κ1) is 21.0. The number of aromatic amines is 3. The molecule has 0 aliphatic heterocycles. The highest BCUT2D eigenvalue weighted by molar-refractivity contribution is 5.87. The third kappa shape index (κ3) is 3.51. The first-order valence-electron chi connectivity index (χ1n) is 9.49. The Balaban J connectivity index is 2.35. The van der Waals surface area contributed by atoms with Crippen molar-refractivity contribution in [3.63, 3.8) is 0 Å². The molecule has 0 fully saturated rings. The minimum atomic E-state index is -1.21. The molecule has 0 saturated carbocycles. The summed E-state index contributed by atoms with van der Waals surface area (Å²) in [5.74, 6) is -0.513. The van der Waals surface area contributed by atoms with Crippen molar-refractivity contribution in [3.8, 4) is 0 Å². The quantitative estimate of drug-likeness (QED) is 0.233. The summed E-state index contributed by atoms with van der Waals surface area (Å²) < 4.78 is 5.29. The second-order valence-electron chi connectivity index (χ2n) is 7.11. The Kier molecular flexibility index (Phi) is 5.59. The maximum Gasteiger partial charge on any atom is 0.318 e. The zero-order chi connectivity index (χ0) is 22.1. The number of carbonyl (C=O) groups excluding carboxylic acids is 1. The van der Waals surface area contributed by atoms with Crippen LogP contribution in [0.15, 0.2) is 34.0 Å². The minimum absolute atomic E-state index is 0.00961. The number of esters is 1. The number of carbonyl (C=O) groups is 1. The third-order valence-corrected chi connectivity index (χ3v) is 5.22. The average molecular weight is 414 g/mol. The van der Waals surface area contributed by atoms with Crippen LogP contribution in [0, 0.1) is 10.1 Å². The predicted octanol–water partition coefficient (Wildman–Crippen LogP) is 2.08. The summed E-state index contributed by atoms with van der Waals surface area (Å²) in [5, 5.41) is 11.7. The van der Waals surface area contributed by atoms with Crippen LogP contribution < -0.4 is 11.1 Å². The lowest BCUT2D eigenvalue weighted by molar-refractivity contribution is -0.385. The molecule has 0 saturated heterocycles. The average Bonchev–Trinajstić information content (AvgIpc) is 3.24. The van der Waals surface area contributed by atoms with Crippen LogP contribution in [-0.2, 0) is 27.8 Å². The molecule has 0 bridgehead atoms. The van der Waals surface area contributed by atoms with Gasteiger partial charge in [-0.3, -0.25) is 24.5 Å². The van der Waals surface area contributed by atoms with Crippen LogP contribution in [-0.4, -0.2) is 32.5 Å². The molecule has 30 heavy (non-hydrogen) atoms. The van der Waals surface area contributed by atoms with Crippen molar-refractivity contribution in [1.82, 2.24) is 15.0 Å². The van der Waals surface area contributed by atoms with Gasteiger partial charge >= 0.3 is 17.1 Å². The smallest absolute Gasteiger partial charge is 0.318 e. The Bertz CT molecular complexity index is 1220. The highest BCUT2D eigenvalue weighted by Crippen LogP contribution is 2.36. The largest absolute Gasteiger partial charge is 0.465 e. The van der Waals surface area contributed by atoms with E-state index in [0.29, 0.717) is 16.8 Å². The van der Waals surface area contributed by atoms with Gasteiger partial charge in [0.1, 0.15) is 5.41 Å². The molecule has 3 rings (SSSR count). The maximum atomic E-state index is 12.9. The van der Waals surface area contributed by atoms with E-state index in [1.165, 1.54) is 6.07 Å². The third-order valence-electron chi connectivity index (χ3n) is 5.22. The zero-order valence-corrected chi connectivity index (χ0v) is 16.8. The van der Waals surface area contributed by atoms with Crippen molar-refractivity contribution in [2.75, 3.05) is 6.61 Å². The number of nitrogens with zero attached hydrogens (tertiary/aromatic N) is 1. The molecular formula is C20H22N4O6. The molecule has 0 spiro atoms. The summed E-state index contributed by atoms with van der Waals surface area (Å²) in [6.45, 7) is 5.27. The number of ether oxygens (including phenoxy) is 1. The van der Waals surface area contributed by atoms with Gasteiger partial charge in [-0.2, -0.15) is 0 Å². The lowest BCUT2D eigenvalue weighted by atomic mass is 9.78. The number of nitro groups is 1. The van der Waals surface area contributed by atoms with Crippen molar-refractivity contribution < 1.29 is 14.5 Å². The zero-order valence-electron chi connectivity index (χ0n) is 16.8. The Morgan fingerprint density at radius 1 is 1.20 bits per heavy atom. The first-order chi connectivity index (χ1) is 14.2. The molecule has 0 aliphatic carbocycles. The van der Waals surface area contributed by atoms with E-state index in [0.717, 1.165) is 0 Å². The Hall–Kier alpha value is -3.69. The monoisotopic (exact) mass is 414 g/mol. The lowest BCUT2D eigenvalue weighted by Crippen LogP contribution is -2.38. The molecule has 1 unspecified atom stereocenters. The van der Waals surface area contributed by atoms with Crippen molar-refractivity contribution in [2.45, 2.75) is 39.0 Å². The molecule has 2 aromatic heterocycles. The van der Waals surface area contributed by atoms with Gasteiger partial charge in [-0.25, -0.2) is 0 Å². The van der Waals surface area contributed by atoms with Crippen molar-refractivity contribution in [1.29, 1.82) is 0 Å². The summed E-state index contributed by atoms with van der Waals surface area (Å²) in [6.07, 6.45) is 1.96. The molecular weight excluding hydrogens is 392 g/mol. The van der Waals surface area contributed by atoms with Gasteiger partial charge in [0, 0.05) is 23.5 Å². The van der Waals surface area contributed by atoms with Gasteiger partial charge in [0.05, 0.1) is 22.6 Å². The summed E-state index contributed by atoms with van der Waals surface area (Å²) in [7, 11) is 0. The highest BCUT2D eigenvalue weighted by atomic mass is 16.6. The first-order valence-corrected chi connectivity index (χ1v) is 9.49. The van der Waals surface area contributed by atoms with Gasteiger partial charge in [0.2, 0.25) is 0 Å². The van der Waals surface area contributed by atoms with E-state index in [4.69, 9.17) is 4.74 Å². The standard InChI is InChI=1S/C20H22N4O6/c1-4-11-12(10-20(3,19(27)30-5-2)15-7-6-8-21-15)16-13(9-14(11)24(28)29)22-17(25)18(26)23-16/h6-9,21H,4-5,10H2,1-3H3,(H,22,25)(H,23,26). The van der Waals surface area contributed by atoms with Crippen molar-refractivity contribution in [2.24, 2.45) is 0 Å². The predicted molar refractivity (Wildman–Crippen MR) is 110 cm³/mol. The van der Waals surface area contributed by atoms with Crippen LogP contribution >= 0.6 is 0 Å².